The topological polar surface area (TPSA) is 59.8 Å². The number of anilines is 2. The number of thiazole rings is 1. The Bertz CT molecular complexity index is 905. The predicted octanol–water partition coefficient (Wildman–Crippen LogP) is 3.69. The molecule has 0 unspecified atom stereocenters. The normalized spacial score (nSPS) is 14.7. The molecule has 0 aliphatic carbocycles. The highest BCUT2D eigenvalue weighted by molar-refractivity contribution is 7.14. The molecule has 26 heavy (non-hydrogen) atoms. The zero-order valence-electron chi connectivity index (χ0n) is 14.0. The number of benzene rings is 2. The number of halogens is 1. The number of nitrogens with zero attached hydrogens (tertiary/aromatic N) is 3. The Kier molecular flexibility index (Phi) is 4.38. The first-order valence-electron chi connectivity index (χ1n) is 8.33. The van der Waals surface area contributed by atoms with E-state index in [-0.39, 0.29) is 17.3 Å². The lowest BCUT2D eigenvalue weighted by molar-refractivity contribution is 0.452. The minimum atomic E-state index is -0.222. The van der Waals surface area contributed by atoms with E-state index in [1.165, 1.54) is 35.6 Å². The Labute approximate surface area is 154 Å². The average molecular weight is 371 g/mol. The molecule has 1 saturated heterocycles. The van der Waals surface area contributed by atoms with E-state index in [2.05, 4.69) is 14.8 Å². The average Bonchev–Trinajstić information content (AvgIpc) is 3.12. The number of hydrogen-bond acceptors (Lipinski definition) is 6. The van der Waals surface area contributed by atoms with E-state index in [0.29, 0.717) is 11.3 Å². The van der Waals surface area contributed by atoms with Crippen LogP contribution in [0.3, 0.4) is 0 Å². The highest BCUT2D eigenvalue weighted by Crippen LogP contribution is 2.35. The van der Waals surface area contributed by atoms with Crippen LogP contribution in [0.5, 0.6) is 11.5 Å². The van der Waals surface area contributed by atoms with Gasteiger partial charge in [0, 0.05) is 48.9 Å². The summed E-state index contributed by atoms with van der Waals surface area (Å²) in [6.07, 6.45) is 0. The summed E-state index contributed by atoms with van der Waals surface area (Å²) in [5, 5.41) is 22.2. The third-order valence-electron chi connectivity index (χ3n) is 4.49. The molecule has 5 nitrogen and oxygen atoms in total. The smallest absolute Gasteiger partial charge is 0.185 e. The molecule has 1 aliphatic rings. The van der Waals surface area contributed by atoms with Gasteiger partial charge in [-0.05, 0) is 36.4 Å². The number of phenolic OH excluding ortho intramolecular Hbond substituents is 2. The predicted molar refractivity (Wildman–Crippen MR) is 102 cm³/mol. The van der Waals surface area contributed by atoms with Gasteiger partial charge in [-0.1, -0.05) is 0 Å². The maximum atomic E-state index is 13.1. The van der Waals surface area contributed by atoms with Gasteiger partial charge in [0.25, 0.3) is 0 Å². The Balaban J connectivity index is 1.45. The Morgan fingerprint density at radius 3 is 2.31 bits per heavy atom. The molecule has 2 aromatic carbocycles. The van der Waals surface area contributed by atoms with E-state index >= 15 is 0 Å². The summed E-state index contributed by atoms with van der Waals surface area (Å²) in [5.41, 5.74) is 2.33. The summed E-state index contributed by atoms with van der Waals surface area (Å²) >= 11 is 1.54. The lowest BCUT2D eigenvalue weighted by Crippen LogP contribution is -2.46. The van der Waals surface area contributed by atoms with E-state index in [0.717, 1.165) is 37.0 Å². The van der Waals surface area contributed by atoms with Crippen molar-refractivity contribution in [3.63, 3.8) is 0 Å². The number of rotatable bonds is 3. The first-order valence-corrected chi connectivity index (χ1v) is 9.21. The highest BCUT2D eigenvalue weighted by atomic mass is 32.1. The third-order valence-corrected chi connectivity index (χ3v) is 5.39. The number of phenols is 2. The van der Waals surface area contributed by atoms with Crippen molar-refractivity contribution in [1.29, 1.82) is 0 Å². The lowest BCUT2D eigenvalue weighted by atomic mass is 10.1. The Hall–Kier alpha value is -2.80. The van der Waals surface area contributed by atoms with Crippen LogP contribution in [0.1, 0.15) is 0 Å². The van der Waals surface area contributed by atoms with Crippen molar-refractivity contribution >= 4 is 22.2 Å². The van der Waals surface area contributed by atoms with E-state index in [1.54, 1.807) is 18.2 Å². The summed E-state index contributed by atoms with van der Waals surface area (Å²) in [7, 11) is 0. The van der Waals surface area contributed by atoms with Crippen LogP contribution in [0, 0.1) is 5.82 Å². The van der Waals surface area contributed by atoms with Crippen LogP contribution in [-0.4, -0.2) is 41.4 Å². The maximum Gasteiger partial charge on any atom is 0.185 e. The minimum Gasteiger partial charge on any atom is -0.508 e. The number of piperazine rings is 1. The van der Waals surface area contributed by atoms with Gasteiger partial charge in [0.1, 0.15) is 17.3 Å². The maximum absolute atomic E-state index is 13.1. The largest absolute Gasteiger partial charge is 0.508 e. The van der Waals surface area contributed by atoms with Crippen LogP contribution in [0.15, 0.2) is 47.8 Å². The summed E-state index contributed by atoms with van der Waals surface area (Å²) in [5.74, 6) is -0.179. The van der Waals surface area contributed by atoms with E-state index in [4.69, 9.17) is 0 Å². The van der Waals surface area contributed by atoms with Crippen LogP contribution < -0.4 is 9.80 Å². The molecule has 0 atom stereocenters. The molecular formula is C19H18FN3O2S. The molecule has 1 aliphatic heterocycles. The summed E-state index contributed by atoms with van der Waals surface area (Å²) in [6.45, 7) is 3.33. The molecule has 0 radical (unpaired) electrons. The molecule has 2 N–H and O–H groups in total. The van der Waals surface area contributed by atoms with E-state index in [1.807, 2.05) is 5.38 Å². The van der Waals surface area contributed by atoms with Crippen molar-refractivity contribution in [3.05, 3.63) is 53.7 Å². The minimum absolute atomic E-state index is 0.0166. The van der Waals surface area contributed by atoms with Gasteiger partial charge in [0.2, 0.25) is 0 Å². The van der Waals surface area contributed by atoms with Gasteiger partial charge in [-0.3, -0.25) is 0 Å². The summed E-state index contributed by atoms with van der Waals surface area (Å²) in [4.78, 5) is 9.09. The van der Waals surface area contributed by atoms with Crippen molar-refractivity contribution in [1.82, 2.24) is 4.98 Å². The molecule has 0 saturated carbocycles. The molecule has 3 aromatic rings. The molecule has 4 rings (SSSR count). The number of aromatic hydroxyl groups is 2. The Morgan fingerprint density at radius 2 is 1.62 bits per heavy atom. The van der Waals surface area contributed by atoms with Gasteiger partial charge < -0.3 is 20.0 Å². The fourth-order valence-electron chi connectivity index (χ4n) is 3.08. The number of hydrogen-bond donors (Lipinski definition) is 2. The van der Waals surface area contributed by atoms with Crippen molar-refractivity contribution in [2.45, 2.75) is 0 Å². The molecule has 2 heterocycles. The van der Waals surface area contributed by atoms with Gasteiger partial charge in [-0.25, -0.2) is 9.37 Å². The fourth-order valence-corrected chi connectivity index (χ4v) is 3.96. The second kappa shape index (κ2) is 6.84. The van der Waals surface area contributed by atoms with Crippen LogP contribution in [-0.2, 0) is 0 Å². The van der Waals surface area contributed by atoms with E-state index < -0.39 is 0 Å². The molecule has 1 aromatic heterocycles. The zero-order chi connectivity index (χ0) is 18.1. The van der Waals surface area contributed by atoms with Gasteiger partial charge in [-0.2, -0.15) is 0 Å². The van der Waals surface area contributed by atoms with Crippen LogP contribution >= 0.6 is 11.3 Å². The van der Waals surface area contributed by atoms with Crippen molar-refractivity contribution < 1.29 is 14.6 Å². The van der Waals surface area contributed by atoms with Crippen molar-refractivity contribution in [3.8, 4) is 22.8 Å². The van der Waals surface area contributed by atoms with Crippen molar-refractivity contribution in [2.75, 3.05) is 36.0 Å². The quantitative estimate of drug-likeness (QED) is 0.735. The van der Waals surface area contributed by atoms with E-state index in [9.17, 15) is 14.6 Å². The summed E-state index contributed by atoms with van der Waals surface area (Å²) in [6, 6.07) is 11.1. The summed E-state index contributed by atoms with van der Waals surface area (Å²) < 4.78 is 13.1. The first kappa shape index (κ1) is 16.7. The molecule has 7 heteroatoms. The van der Waals surface area contributed by atoms with Crippen LogP contribution in [0.4, 0.5) is 15.2 Å². The molecule has 134 valence electrons. The van der Waals surface area contributed by atoms with Crippen LogP contribution in [0.25, 0.3) is 11.3 Å². The first-order chi connectivity index (χ1) is 12.6. The lowest BCUT2D eigenvalue weighted by Gasteiger charge is -2.36. The van der Waals surface area contributed by atoms with Crippen LogP contribution in [0.2, 0.25) is 0 Å². The Morgan fingerprint density at radius 1 is 0.923 bits per heavy atom. The second-order valence-corrected chi connectivity index (χ2v) is 7.00. The fraction of sp³-hybridized carbons (Fsp3) is 0.211. The molecule has 0 bridgehead atoms. The monoisotopic (exact) mass is 371 g/mol. The van der Waals surface area contributed by atoms with Gasteiger partial charge in [0.05, 0.1) is 5.69 Å². The van der Waals surface area contributed by atoms with Gasteiger partial charge in [0.15, 0.2) is 5.13 Å². The molecule has 0 amide bonds. The highest BCUT2D eigenvalue weighted by Gasteiger charge is 2.20. The van der Waals surface area contributed by atoms with Gasteiger partial charge in [-0.15, -0.1) is 11.3 Å². The van der Waals surface area contributed by atoms with Gasteiger partial charge >= 0.3 is 0 Å². The zero-order valence-corrected chi connectivity index (χ0v) is 14.8. The number of aromatic nitrogens is 1. The second-order valence-electron chi connectivity index (χ2n) is 6.17. The SMILES string of the molecule is Oc1ccc(-c2csc(N3CCN(c4ccc(F)cc4)CC3)n2)c(O)c1. The molecular weight excluding hydrogens is 353 g/mol. The van der Waals surface area contributed by atoms with Crippen molar-refractivity contribution in [2.24, 2.45) is 0 Å². The standard InChI is InChI=1S/C19H18FN3O2S/c20-13-1-3-14(4-2-13)22-7-9-23(10-8-22)19-21-17(12-26-19)16-6-5-15(24)11-18(16)25/h1-6,11-12,24-25H,7-10H2. The molecule has 1 fully saturated rings. The third kappa shape index (κ3) is 3.30. The molecule has 0 spiro atoms.